The first-order valence-electron chi connectivity index (χ1n) is 8.25. The van der Waals surface area contributed by atoms with Crippen molar-refractivity contribution in [1.82, 2.24) is 4.90 Å². The molecule has 0 bridgehead atoms. The first-order chi connectivity index (χ1) is 12.0. The van der Waals surface area contributed by atoms with Gasteiger partial charge in [0.25, 0.3) is 11.8 Å². The highest BCUT2D eigenvalue weighted by molar-refractivity contribution is 8.26. The third kappa shape index (κ3) is 3.16. The van der Waals surface area contributed by atoms with Gasteiger partial charge in [-0.05, 0) is 18.4 Å². The van der Waals surface area contributed by atoms with Gasteiger partial charge in [0.2, 0.25) is 0 Å². The number of hydrogen-bond acceptors (Lipinski definition) is 4. The van der Waals surface area contributed by atoms with Crippen LogP contribution in [0.2, 0.25) is 0 Å². The van der Waals surface area contributed by atoms with Crippen LogP contribution in [-0.4, -0.2) is 34.1 Å². The predicted molar refractivity (Wildman–Crippen MR) is 107 cm³/mol. The zero-order valence-corrected chi connectivity index (χ0v) is 16.0. The van der Waals surface area contributed by atoms with E-state index in [0.29, 0.717) is 33.8 Å². The zero-order chi connectivity index (χ0) is 18.1. The predicted octanol–water partition coefficient (Wildman–Crippen LogP) is 3.84. The number of anilines is 1. The van der Waals surface area contributed by atoms with E-state index in [-0.39, 0.29) is 11.8 Å². The number of hydrogen-bond donors (Lipinski definition) is 0. The van der Waals surface area contributed by atoms with Gasteiger partial charge in [-0.3, -0.25) is 14.5 Å². The second-order valence-electron chi connectivity index (χ2n) is 6.43. The van der Waals surface area contributed by atoms with Crippen molar-refractivity contribution in [3.63, 3.8) is 0 Å². The normalized spacial score (nSPS) is 20.0. The van der Waals surface area contributed by atoms with Gasteiger partial charge in [0.15, 0.2) is 0 Å². The lowest BCUT2D eigenvalue weighted by molar-refractivity contribution is -0.122. The van der Waals surface area contributed by atoms with Crippen LogP contribution in [0.1, 0.15) is 25.8 Å². The van der Waals surface area contributed by atoms with Crippen LogP contribution < -0.4 is 4.90 Å². The van der Waals surface area contributed by atoms with E-state index in [9.17, 15) is 9.59 Å². The van der Waals surface area contributed by atoms with E-state index in [0.717, 1.165) is 17.7 Å². The van der Waals surface area contributed by atoms with Crippen LogP contribution >= 0.6 is 24.0 Å². The summed E-state index contributed by atoms with van der Waals surface area (Å²) >= 11 is 6.63. The summed E-state index contributed by atoms with van der Waals surface area (Å²) in [6.45, 7) is 8.94. The molecule has 25 heavy (non-hydrogen) atoms. The summed E-state index contributed by atoms with van der Waals surface area (Å²) in [5.74, 6) is 0.161. The van der Waals surface area contributed by atoms with Crippen molar-refractivity contribution < 1.29 is 9.59 Å². The van der Waals surface area contributed by atoms with E-state index in [1.165, 1.54) is 11.8 Å². The van der Waals surface area contributed by atoms with Gasteiger partial charge < -0.3 is 4.90 Å². The number of para-hydroxylation sites is 1. The Morgan fingerprint density at radius 3 is 2.60 bits per heavy atom. The van der Waals surface area contributed by atoms with Crippen molar-refractivity contribution in [3.8, 4) is 0 Å². The van der Waals surface area contributed by atoms with Gasteiger partial charge in [0.1, 0.15) is 4.32 Å². The minimum atomic E-state index is -0.162. The number of fused-ring (bicyclic) bond motifs is 1. The van der Waals surface area contributed by atoms with Gasteiger partial charge >= 0.3 is 0 Å². The lowest BCUT2D eigenvalue weighted by Gasteiger charge is -2.15. The molecule has 130 valence electrons. The number of carbonyl (C=O) groups is 2. The number of nitrogens with zero attached hydrogens (tertiary/aromatic N) is 2. The molecular formula is C19H20N2O2S2. The molecule has 0 aliphatic carbocycles. The van der Waals surface area contributed by atoms with Crippen molar-refractivity contribution in [2.24, 2.45) is 5.92 Å². The maximum atomic E-state index is 13.0. The summed E-state index contributed by atoms with van der Waals surface area (Å²) in [6, 6.07) is 7.54. The molecule has 0 spiro atoms. The Bertz CT molecular complexity index is 798. The van der Waals surface area contributed by atoms with Crippen LogP contribution in [0, 0.1) is 5.92 Å². The Hall–Kier alpha value is -1.92. The quantitative estimate of drug-likeness (QED) is 0.447. The van der Waals surface area contributed by atoms with Crippen LogP contribution in [-0.2, 0) is 9.59 Å². The molecule has 1 saturated heterocycles. The average molecular weight is 373 g/mol. The minimum absolute atomic E-state index is 0.158. The first kappa shape index (κ1) is 17.9. The summed E-state index contributed by atoms with van der Waals surface area (Å²) in [4.78, 5) is 29.6. The van der Waals surface area contributed by atoms with E-state index >= 15 is 0 Å². The second-order valence-corrected chi connectivity index (χ2v) is 8.08. The molecule has 0 N–H and O–H groups in total. The van der Waals surface area contributed by atoms with Gasteiger partial charge in [-0.1, -0.05) is 62.1 Å². The Morgan fingerprint density at radius 2 is 1.92 bits per heavy atom. The number of amides is 2. The van der Waals surface area contributed by atoms with Crippen molar-refractivity contribution in [1.29, 1.82) is 0 Å². The lowest BCUT2D eigenvalue weighted by atomic mass is 10.1. The number of benzene rings is 1. The monoisotopic (exact) mass is 372 g/mol. The fourth-order valence-corrected chi connectivity index (χ4v) is 4.32. The molecule has 2 amide bonds. The lowest BCUT2D eigenvalue weighted by Crippen LogP contribution is -2.30. The third-order valence-electron chi connectivity index (χ3n) is 4.24. The standard InChI is InChI=1S/C19H20N2O2S2/c1-4-10-20-14-8-6-5-7-13(14)15(17(20)22)16-18(23)21(19(24)25-16)11-9-12(2)3/h4-8,12H,1,9-11H2,2-3H3. The van der Waals surface area contributed by atoms with Gasteiger partial charge in [-0.25, -0.2) is 0 Å². The molecule has 1 aromatic rings. The third-order valence-corrected chi connectivity index (χ3v) is 5.69. The molecule has 1 aromatic carbocycles. The SMILES string of the molecule is C=CCN1C(=O)C(=C2SC(=S)N(CCC(C)C)C2=O)c2ccccc21. The number of thiocarbonyl (C=S) groups is 1. The van der Waals surface area contributed by atoms with Crippen molar-refractivity contribution in [2.45, 2.75) is 20.3 Å². The highest BCUT2D eigenvalue weighted by Crippen LogP contribution is 2.44. The van der Waals surface area contributed by atoms with Gasteiger partial charge in [0, 0.05) is 18.7 Å². The minimum Gasteiger partial charge on any atom is -0.304 e. The molecule has 6 heteroatoms. The molecule has 2 aliphatic rings. The maximum Gasteiger partial charge on any atom is 0.267 e. The fraction of sp³-hybridized carbons (Fsp3) is 0.316. The highest BCUT2D eigenvalue weighted by Gasteiger charge is 2.41. The molecule has 3 rings (SSSR count). The molecule has 4 nitrogen and oxygen atoms in total. The summed E-state index contributed by atoms with van der Waals surface area (Å²) < 4.78 is 0.528. The van der Waals surface area contributed by atoms with Crippen LogP contribution in [0.3, 0.4) is 0 Å². The topological polar surface area (TPSA) is 40.6 Å². The Labute approximate surface area is 157 Å². The molecule has 2 aliphatic heterocycles. The molecule has 1 fully saturated rings. The van der Waals surface area contributed by atoms with Crippen LogP contribution in [0.5, 0.6) is 0 Å². The largest absolute Gasteiger partial charge is 0.304 e. The molecule has 0 radical (unpaired) electrons. The summed E-state index contributed by atoms with van der Waals surface area (Å²) in [6.07, 6.45) is 2.56. The molecular weight excluding hydrogens is 352 g/mol. The average Bonchev–Trinajstić information content (AvgIpc) is 3.00. The van der Waals surface area contributed by atoms with Crippen molar-refractivity contribution in [2.75, 3.05) is 18.0 Å². The number of thioether (sulfide) groups is 1. The van der Waals surface area contributed by atoms with Crippen molar-refractivity contribution in [3.05, 3.63) is 47.4 Å². The Morgan fingerprint density at radius 1 is 1.20 bits per heavy atom. The zero-order valence-electron chi connectivity index (χ0n) is 14.3. The van der Waals surface area contributed by atoms with Gasteiger partial charge in [-0.2, -0.15) is 0 Å². The molecule has 0 atom stereocenters. The summed E-state index contributed by atoms with van der Waals surface area (Å²) in [7, 11) is 0. The molecule has 0 aromatic heterocycles. The van der Waals surface area contributed by atoms with E-state index in [1.54, 1.807) is 15.9 Å². The van der Waals surface area contributed by atoms with E-state index < -0.39 is 0 Å². The maximum absolute atomic E-state index is 13.0. The van der Waals surface area contributed by atoms with E-state index in [4.69, 9.17) is 12.2 Å². The van der Waals surface area contributed by atoms with E-state index in [1.807, 2.05) is 24.3 Å². The van der Waals surface area contributed by atoms with Crippen LogP contribution in [0.4, 0.5) is 5.69 Å². The van der Waals surface area contributed by atoms with Crippen LogP contribution in [0.25, 0.3) is 5.57 Å². The smallest absolute Gasteiger partial charge is 0.267 e. The van der Waals surface area contributed by atoms with Crippen molar-refractivity contribution >= 4 is 51.4 Å². The summed E-state index contributed by atoms with van der Waals surface area (Å²) in [5.41, 5.74) is 2.07. The number of rotatable bonds is 5. The summed E-state index contributed by atoms with van der Waals surface area (Å²) in [5, 5.41) is 0. The van der Waals surface area contributed by atoms with Gasteiger partial charge in [0.05, 0.1) is 16.2 Å². The molecule has 0 saturated carbocycles. The second kappa shape index (κ2) is 7.14. The molecule has 2 heterocycles. The Balaban J connectivity index is 2.02. The number of carbonyl (C=O) groups excluding carboxylic acids is 2. The van der Waals surface area contributed by atoms with Gasteiger partial charge in [-0.15, -0.1) is 6.58 Å². The fourth-order valence-electron chi connectivity index (χ4n) is 2.94. The van der Waals surface area contributed by atoms with E-state index in [2.05, 4.69) is 20.4 Å². The van der Waals surface area contributed by atoms with Crippen LogP contribution in [0.15, 0.2) is 41.8 Å². The Kier molecular flexibility index (Phi) is 5.11. The molecule has 0 unspecified atom stereocenters. The highest BCUT2D eigenvalue weighted by atomic mass is 32.2. The first-order valence-corrected chi connectivity index (χ1v) is 9.48.